The Morgan fingerprint density at radius 1 is 1.00 bits per heavy atom. The Kier molecular flexibility index (Phi) is 8.89. The van der Waals surface area contributed by atoms with Gasteiger partial charge in [-0.2, -0.15) is 23.1 Å². The van der Waals surface area contributed by atoms with E-state index in [4.69, 9.17) is 23.2 Å². The zero-order chi connectivity index (χ0) is 32.5. The van der Waals surface area contributed by atoms with Gasteiger partial charge in [0, 0.05) is 11.2 Å². The fraction of sp³-hybridized carbons (Fsp3) is 0.207. The molecule has 0 saturated heterocycles. The molecule has 0 aliphatic carbocycles. The normalized spacial score (nSPS) is 12.2. The molecule has 45 heavy (non-hydrogen) atoms. The number of benzene rings is 2. The number of tetrazole rings is 1. The highest BCUT2D eigenvalue weighted by Gasteiger charge is 2.37. The number of aryl methyl sites for hydroxylation is 2. The first kappa shape index (κ1) is 31.6. The monoisotopic (exact) mass is 657 g/mol. The largest absolute Gasteiger partial charge is 0.455 e. The standard InChI is InChI=1S/C29H24Cl2F3N9O2/c1-15-6-4-7-18(10-15)17(3)36-26(44)21-12-19(30)11-16(2)24(21)37-27(45)23-13-20(14-42-40-28(38-41-42)29(32,33)34)39-43(23)25-22(31)8-5-9-35-25/h4-13,17H,14H2,1-3H3,(H,36,44)(H,37,45). The summed E-state index contributed by atoms with van der Waals surface area (Å²) in [5.74, 6) is -2.54. The minimum absolute atomic E-state index is 0.0795. The van der Waals surface area contributed by atoms with E-state index in [9.17, 15) is 22.8 Å². The van der Waals surface area contributed by atoms with Gasteiger partial charge in [-0.1, -0.05) is 53.0 Å². The van der Waals surface area contributed by atoms with Gasteiger partial charge in [-0.15, -0.1) is 10.2 Å². The van der Waals surface area contributed by atoms with Crippen LogP contribution in [0.4, 0.5) is 18.9 Å². The number of aromatic nitrogens is 7. The highest BCUT2D eigenvalue weighted by molar-refractivity contribution is 6.32. The summed E-state index contributed by atoms with van der Waals surface area (Å²) >= 11 is 12.7. The van der Waals surface area contributed by atoms with Gasteiger partial charge in [-0.3, -0.25) is 9.59 Å². The van der Waals surface area contributed by atoms with E-state index in [1.54, 1.807) is 19.1 Å². The second kappa shape index (κ2) is 12.7. The van der Waals surface area contributed by atoms with Crippen LogP contribution in [0.2, 0.25) is 10.0 Å². The van der Waals surface area contributed by atoms with Crippen molar-refractivity contribution in [3.63, 3.8) is 0 Å². The molecule has 0 aliphatic rings. The lowest BCUT2D eigenvalue weighted by atomic mass is 10.0. The molecule has 0 fully saturated rings. The van der Waals surface area contributed by atoms with Crippen LogP contribution in [0.3, 0.4) is 0 Å². The maximum Gasteiger partial charge on any atom is 0.455 e. The van der Waals surface area contributed by atoms with Crippen molar-refractivity contribution in [2.75, 3.05) is 5.32 Å². The fourth-order valence-electron chi connectivity index (χ4n) is 4.50. The van der Waals surface area contributed by atoms with Crippen LogP contribution in [0.25, 0.3) is 5.82 Å². The molecule has 11 nitrogen and oxygen atoms in total. The van der Waals surface area contributed by atoms with Gasteiger partial charge in [0.25, 0.3) is 17.6 Å². The molecule has 2 N–H and O–H groups in total. The molecule has 0 radical (unpaired) electrons. The van der Waals surface area contributed by atoms with E-state index in [1.807, 2.05) is 38.1 Å². The number of hydrogen-bond donors (Lipinski definition) is 2. The zero-order valence-corrected chi connectivity index (χ0v) is 25.4. The summed E-state index contributed by atoms with van der Waals surface area (Å²) in [6.07, 6.45) is -3.36. The predicted molar refractivity (Wildman–Crippen MR) is 159 cm³/mol. The third-order valence-corrected chi connectivity index (χ3v) is 7.13. The first-order chi connectivity index (χ1) is 21.3. The molecule has 232 valence electrons. The lowest BCUT2D eigenvalue weighted by Crippen LogP contribution is -2.28. The Morgan fingerprint density at radius 3 is 2.47 bits per heavy atom. The molecule has 0 spiro atoms. The number of amides is 2. The summed E-state index contributed by atoms with van der Waals surface area (Å²) in [5, 5.41) is 20.3. The van der Waals surface area contributed by atoms with E-state index in [-0.39, 0.29) is 51.1 Å². The molecule has 16 heteroatoms. The smallest absolute Gasteiger partial charge is 0.345 e. The van der Waals surface area contributed by atoms with Gasteiger partial charge in [-0.25, -0.2) is 9.67 Å². The SMILES string of the molecule is Cc1cccc(C(C)NC(=O)c2cc(Cl)cc(C)c2NC(=O)c2cc(Cn3nnc(C(F)(F)F)n3)nn2-c2ncccc2Cl)c1. The Bertz CT molecular complexity index is 1910. The second-order valence-electron chi connectivity index (χ2n) is 10.1. The van der Waals surface area contributed by atoms with E-state index >= 15 is 0 Å². The summed E-state index contributed by atoms with van der Waals surface area (Å²) in [5.41, 5.74) is 2.73. The average Bonchev–Trinajstić information content (AvgIpc) is 3.62. The number of carbonyl (C=O) groups is 2. The number of hydrogen-bond acceptors (Lipinski definition) is 7. The molecule has 2 amide bonds. The molecule has 3 heterocycles. The van der Waals surface area contributed by atoms with Gasteiger partial charge in [0.2, 0.25) is 0 Å². The fourth-order valence-corrected chi connectivity index (χ4v) is 4.97. The summed E-state index contributed by atoms with van der Waals surface area (Å²) in [7, 11) is 0. The van der Waals surface area contributed by atoms with E-state index in [2.05, 4.69) is 36.1 Å². The predicted octanol–water partition coefficient (Wildman–Crippen LogP) is 5.99. The molecule has 3 aromatic heterocycles. The Morgan fingerprint density at radius 2 is 1.78 bits per heavy atom. The number of pyridine rings is 1. The van der Waals surface area contributed by atoms with Crippen LogP contribution in [-0.2, 0) is 12.7 Å². The number of nitrogens with one attached hydrogen (secondary N) is 2. The van der Waals surface area contributed by atoms with Crippen LogP contribution in [0, 0.1) is 13.8 Å². The lowest BCUT2D eigenvalue weighted by Gasteiger charge is -2.18. The third-order valence-electron chi connectivity index (χ3n) is 6.62. The summed E-state index contributed by atoms with van der Waals surface area (Å²) in [6, 6.07) is 14.8. The van der Waals surface area contributed by atoms with Gasteiger partial charge in [0.15, 0.2) is 5.82 Å². The molecule has 2 aromatic carbocycles. The van der Waals surface area contributed by atoms with E-state index in [0.717, 1.165) is 15.8 Å². The van der Waals surface area contributed by atoms with E-state index in [0.29, 0.717) is 10.4 Å². The van der Waals surface area contributed by atoms with Crippen molar-refractivity contribution >= 4 is 40.7 Å². The van der Waals surface area contributed by atoms with Crippen LogP contribution in [0.15, 0.2) is 60.8 Å². The van der Waals surface area contributed by atoms with Crippen molar-refractivity contribution in [2.24, 2.45) is 0 Å². The first-order valence-electron chi connectivity index (χ1n) is 13.3. The molecule has 5 rings (SSSR count). The quantitative estimate of drug-likeness (QED) is 0.209. The number of anilines is 1. The minimum Gasteiger partial charge on any atom is -0.345 e. The first-order valence-corrected chi connectivity index (χ1v) is 14.1. The number of alkyl halides is 3. The van der Waals surface area contributed by atoms with Crippen molar-refractivity contribution in [3.05, 3.63) is 110 Å². The summed E-state index contributed by atoms with van der Waals surface area (Å²) < 4.78 is 40.1. The van der Waals surface area contributed by atoms with Crippen LogP contribution in [-0.4, -0.2) is 46.8 Å². The number of halogens is 5. The second-order valence-corrected chi connectivity index (χ2v) is 10.9. The molecular formula is C29H24Cl2F3N9O2. The van der Waals surface area contributed by atoms with Crippen molar-refractivity contribution < 1.29 is 22.8 Å². The van der Waals surface area contributed by atoms with Crippen molar-refractivity contribution in [1.29, 1.82) is 0 Å². The van der Waals surface area contributed by atoms with Gasteiger partial charge in [0.1, 0.15) is 12.2 Å². The van der Waals surface area contributed by atoms with Crippen molar-refractivity contribution in [2.45, 2.75) is 39.5 Å². The van der Waals surface area contributed by atoms with Crippen LogP contribution in [0.1, 0.15) is 62.0 Å². The van der Waals surface area contributed by atoms with E-state index < -0.39 is 23.8 Å². The highest BCUT2D eigenvalue weighted by Crippen LogP contribution is 2.29. The maximum atomic E-state index is 13.8. The van der Waals surface area contributed by atoms with Gasteiger partial charge in [0.05, 0.1) is 28.0 Å². The van der Waals surface area contributed by atoms with Gasteiger partial charge < -0.3 is 10.6 Å². The lowest BCUT2D eigenvalue weighted by molar-refractivity contribution is -0.145. The Hall–Kier alpha value is -4.82. The Balaban J connectivity index is 1.48. The molecule has 0 saturated carbocycles. The van der Waals surface area contributed by atoms with Crippen molar-refractivity contribution in [3.8, 4) is 5.82 Å². The van der Waals surface area contributed by atoms with E-state index in [1.165, 1.54) is 24.4 Å². The van der Waals surface area contributed by atoms with Crippen LogP contribution in [0.5, 0.6) is 0 Å². The molecule has 1 atom stereocenters. The molecule has 0 aliphatic heterocycles. The maximum absolute atomic E-state index is 13.8. The van der Waals surface area contributed by atoms with Gasteiger partial charge in [-0.05, 0) is 67.4 Å². The molecular weight excluding hydrogens is 634 g/mol. The third kappa shape index (κ3) is 7.13. The zero-order valence-electron chi connectivity index (χ0n) is 23.9. The summed E-state index contributed by atoms with van der Waals surface area (Å²) in [4.78, 5) is 32.2. The molecule has 1 unspecified atom stereocenters. The number of nitrogens with zero attached hydrogens (tertiary/aromatic N) is 7. The van der Waals surface area contributed by atoms with Crippen LogP contribution >= 0.6 is 23.2 Å². The molecule has 5 aromatic rings. The number of carbonyl (C=O) groups excluding carboxylic acids is 2. The number of rotatable bonds is 8. The average molecular weight is 658 g/mol. The molecule has 0 bridgehead atoms. The van der Waals surface area contributed by atoms with Gasteiger partial charge >= 0.3 is 6.18 Å². The summed E-state index contributed by atoms with van der Waals surface area (Å²) in [6.45, 7) is 5.10. The van der Waals surface area contributed by atoms with Crippen LogP contribution < -0.4 is 10.6 Å². The minimum atomic E-state index is -4.79. The topological polar surface area (TPSA) is 133 Å². The highest BCUT2D eigenvalue weighted by atomic mass is 35.5. The van der Waals surface area contributed by atoms with Crippen molar-refractivity contribution in [1.82, 2.24) is 40.3 Å². The Labute approximate surface area is 264 Å².